The van der Waals surface area contributed by atoms with E-state index in [-0.39, 0.29) is 18.6 Å². The number of nitrogens with two attached hydrogens (primary N) is 1. The smallest absolute Gasteiger partial charge is 0.137 e. The molecule has 30 heavy (non-hydrogen) atoms. The Bertz CT molecular complexity index is 1220. The minimum Gasteiger partial charge on any atom is -0.396 e. The fourth-order valence-electron chi connectivity index (χ4n) is 4.57. The summed E-state index contributed by atoms with van der Waals surface area (Å²) in [6.45, 7) is 1.89. The summed E-state index contributed by atoms with van der Waals surface area (Å²) >= 11 is 6.74. The quantitative estimate of drug-likeness (QED) is 0.527. The molecule has 0 amide bonds. The van der Waals surface area contributed by atoms with Crippen LogP contribution in [0.1, 0.15) is 53.6 Å². The summed E-state index contributed by atoms with van der Waals surface area (Å²) in [5, 5.41) is 10.1. The maximum atomic E-state index is 9.46. The van der Waals surface area contributed by atoms with Crippen molar-refractivity contribution in [3.8, 4) is 0 Å². The first kappa shape index (κ1) is 19.2. The van der Waals surface area contributed by atoms with E-state index in [0.717, 1.165) is 28.2 Å². The van der Waals surface area contributed by atoms with E-state index in [9.17, 15) is 5.11 Å². The Morgan fingerprint density at radius 2 is 1.93 bits per heavy atom. The molecule has 0 spiro atoms. The van der Waals surface area contributed by atoms with Gasteiger partial charge in [-0.05, 0) is 30.2 Å². The van der Waals surface area contributed by atoms with Crippen molar-refractivity contribution in [2.75, 3.05) is 6.61 Å². The van der Waals surface area contributed by atoms with Crippen LogP contribution < -0.4 is 5.73 Å². The molecule has 3 heterocycles. The zero-order chi connectivity index (χ0) is 20.9. The van der Waals surface area contributed by atoms with Crippen molar-refractivity contribution in [3.05, 3.63) is 94.4 Å². The Morgan fingerprint density at radius 3 is 2.67 bits per heavy atom. The van der Waals surface area contributed by atoms with Gasteiger partial charge in [-0.2, -0.15) is 0 Å². The van der Waals surface area contributed by atoms with Crippen LogP contribution in [0, 0.1) is 0 Å². The second-order valence-electron chi connectivity index (χ2n) is 7.88. The summed E-state index contributed by atoms with van der Waals surface area (Å²) in [5.74, 6) is 0.476. The lowest BCUT2D eigenvalue weighted by Crippen LogP contribution is -2.30. The number of fused-ring (bicyclic) bond motifs is 3. The van der Waals surface area contributed by atoms with Crippen LogP contribution in [-0.2, 0) is 5.41 Å². The van der Waals surface area contributed by atoms with Gasteiger partial charge in [0.2, 0.25) is 0 Å². The summed E-state index contributed by atoms with van der Waals surface area (Å²) in [6, 6.07) is 13.5. The van der Waals surface area contributed by atoms with E-state index in [1.807, 2.05) is 68.0 Å². The van der Waals surface area contributed by atoms with Crippen LogP contribution in [0.5, 0.6) is 0 Å². The Kier molecular flexibility index (Phi) is 4.58. The summed E-state index contributed by atoms with van der Waals surface area (Å²) in [7, 11) is 0. The number of imidazole rings is 1. The van der Waals surface area contributed by atoms with Gasteiger partial charge in [0.15, 0.2) is 0 Å². The van der Waals surface area contributed by atoms with Crippen LogP contribution in [-0.4, -0.2) is 31.1 Å². The van der Waals surface area contributed by atoms with Crippen molar-refractivity contribution in [3.63, 3.8) is 0 Å². The van der Waals surface area contributed by atoms with Crippen molar-refractivity contribution < 1.29 is 5.11 Å². The first-order valence-corrected chi connectivity index (χ1v) is 10.4. The summed E-state index contributed by atoms with van der Waals surface area (Å²) in [4.78, 5) is 14.0. The van der Waals surface area contributed by atoms with Crippen molar-refractivity contribution in [2.24, 2.45) is 5.73 Å². The average Bonchev–Trinajstić information content (AvgIpc) is 3.30. The summed E-state index contributed by atoms with van der Waals surface area (Å²) in [5.41, 5.74) is 10.6. The number of pyridine rings is 1. The van der Waals surface area contributed by atoms with E-state index in [4.69, 9.17) is 22.3 Å². The second-order valence-corrected chi connectivity index (χ2v) is 8.29. The Balaban J connectivity index is 1.82. The molecule has 3 unspecified atom stereocenters. The molecule has 0 saturated carbocycles. The number of hydrogen-bond acceptors (Lipinski definition) is 5. The lowest BCUT2D eigenvalue weighted by Gasteiger charge is -2.32. The molecular weight excluding hydrogens is 398 g/mol. The number of aliphatic hydroxyl groups excluding tert-OH is 1. The van der Waals surface area contributed by atoms with Gasteiger partial charge < -0.3 is 15.2 Å². The van der Waals surface area contributed by atoms with Crippen LogP contribution >= 0.6 is 11.6 Å². The topological polar surface area (TPSA) is 89.3 Å². The van der Waals surface area contributed by atoms with E-state index in [2.05, 4.69) is 14.4 Å². The fourth-order valence-corrected chi connectivity index (χ4v) is 4.87. The number of rotatable bonds is 4. The zero-order valence-corrected chi connectivity index (χ0v) is 17.3. The highest BCUT2D eigenvalue weighted by molar-refractivity contribution is 6.31. The molecule has 7 heteroatoms. The standard InChI is InChI=1S/C23H22ClN5O/c1-14(13-30)22-26-11-15(12-27-22)23(16-6-2-3-7-17(16)24)10-18(25)20-21(23)29-9-5-4-8-19(29)28-20/h2-9,11-12,14,18,30H,10,13,25H2,1H3. The number of halogens is 1. The Morgan fingerprint density at radius 1 is 1.20 bits per heavy atom. The van der Waals surface area contributed by atoms with Gasteiger partial charge in [0, 0.05) is 35.1 Å². The van der Waals surface area contributed by atoms with Gasteiger partial charge in [-0.25, -0.2) is 15.0 Å². The summed E-state index contributed by atoms with van der Waals surface area (Å²) in [6.07, 6.45) is 6.29. The highest BCUT2D eigenvalue weighted by Crippen LogP contribution is 2.53. The highest BCUT2D eigenvalue weighted by atomic mass is 35.5. The van der Waals surface area contributed by atoms with Crippen LogP contribution in [0.15, 0.2) is 61.1 Å². The van der Waals surface area contributed by atoms with Gasteiger partial charge in [0.05, 0.1) is 29.5 Å². The molecule has 0 fully saturated rings. The molecule has 3 N–H and O–H groups in total. The third-order valence-electron chi connectivity index (χ3n) is 6.05. The molecule has 1 aliphatic carbocycles. The number of hydrogen-bond donors (Lipinski definition) is 2. The van der Waals surface area contributed by atoms with E-state index in [1.165, 1.54) is 0 Å². The molecule has 152 valence electrons. The van der Waals surface area contributed by atoms with Crippen molar-refractivity contribution >= 4 is 17.2 Å². The second kappa shape index (κ2) is 7.16. The normalized spacial score (nSPS) is 21.7. The third-order valence-corrected chi connectivity index (χ3v) is 6.38. The molecule has 0 radical (unpaired) electrons. The van der Waals surface area contributed by atoms with E-state index < -0.39 is 5.41 Å². The maximum Gasteiger partial charge on any atom is 0.137 e. The maximum absolute atomic E-state index is 9.46. The zero-order valence-electron chi connectivity index (χ0n) is 16.5. The third kappa shape index (κ3) is 2.68. The Hall–Kier alpha value is -2.80. The monoisotopic (exact) mass is 419 g/mol. The van der Waals surface area contributed by atoms with Gasteiger partial charge >= 0.3 is 0 Å². The van der Waals surface area contributed by atoms with E-state index in [0.29, 0.717) is 17.3 Å². The number of nitrogens with zero attached hydrogens (tertiary/aromatic N) is 4. The van der Waals surface area contributed by atoms with Crippen LogP contribution in [0.3, 0.4) is 0 Å². The summed E-state index contributed by atoms with van der Waals surface area (Å²) < 4.78 is 2.09. The molecule has 0 aliphatic heterocycles. The van der Waals surface area contributed by atoms with Crippen molar-refractivity contribution in [1.82, 2.24) is 19.4 Å². The first-order chi connectivity index (χ1) is 14.6. The van der Waals surface area contributed by atoms with Gasteiger partial charge in [0.1, 0.15) is 11.5 Å². The fraction of sp³-hybridized carbons (Fsp3) is 0.261. The van der Waals surface area contributed by atoms with Gasteiger partial charge in [0.25, 0.3) is 0 Å². The molecule has 0 bridgehead atoms. The molecule has 3 atom stereocenters. The largest absolute Gasteiger partial charge is 0.396 e. The van der Waals surface area contributed by atoms with E-state index >= 15 is 0 Å². The lowest BCUT2D eigenvalue weighted by atomic mass is 9.73. The average molecular weight is 420 g/mol. The molecular formula is C23H22ClN5O. The van der Waals surface area contributed by atoms with Gasteiger partial charge in [-0.1, -0.05) is 42.8 Å². The van der Waals surface area contributed by atoms with Gasteiger partial charge in [-0.3, -0.25) is 0 Å². The predicted octanol–water partition coefficient (Wildman–Crippen LogP) is 3.61. The number of benzene rings is 1. The molecule has 1 aromatic carbocycles. The number of aliphatic hydroxyl groups is 1. The lowest BCUT2D eigenvalue weighted by molar-refractivity contribution is 0.268. The van der Waals surface area contributed by atoms with E-state index in [1.54, 1.807) is 0 Å². The number of aromatic nitrogens is 4. The minimum atomic E-state index is -0.630. The molecule has 1 aliphatic rings. The predicted molar refractivity (Wildman–Crippen MR) is 116 cm³/mol. The minimum absolute atomic E-state index is 0.00269. The molecule has 3 aromatic heterocycles. The van der Waals surface area contributed by atoms with Crippen molar-refractivity contribution in [1.29, 1.82) is 0 Å². The molecule has 4 aromatic rings. The van der Waals surface area contributed by atoms with Crippen molar-refractivity contribution in [2.45, 2.75) is 30.7 Å². The van der Waals surface area contributed by atoms with Crippen LogP contribution in [0.2, 0.25) is 5.02 Å². The SMILES string of the molecule is CC(CO)c1ncc(C2(c3ccccc3Cl)CC(N)c3nc4ccccn4c32)cn1. The molecule has 6 nitrogen and oxygen atoms in total. The Labute approximate surface area is 179 Å². The van der Waals surface area contributed by atoms with Gasteiger partial charge in [-0.15, -0.1) is 0 Å². The van der Waals surface area contributed by atoms with Crippen LogP contribution in [0.25, 0.3) is 5.65 Å². The first-order valence-electron chi connectivity index (χ1n) is 9.97. The molecule has 0 saturated heterocycles. The highest BCUT2D eigenvalue weighted by Gasteiger charge is 2.50. The molecule has 5 rings (SSSR count). The van der Waals surface area contributed by atoms with Crippen LogP contribution in [0.4, 0.5) is 0 Å².